The molecule has 4 atom stereocenters. The Labute approximate surface area is 197 Å². The van der Waals surface area contributed by atoms with Gasteiger partial charge in [-0.05, 0) is 62.1 Å². The number of nitrogens with one attached hydrogen (secondary N) is 1. The van der Waals surface area contributed by atoms with Crippen LogP contribution < -0.4 is 10.1 Å². The minimum atomic E-state index is -0.911. The molecule has 1 aromatic carbocycles. The molecule has 2 saturated carbocycles. The Morgan fingerprint density at radius 2 is 1.79 bits per heavy atom. The lowest BCUT2D eigenvalue weighted by Gasteiger charge is -2.27. The summed E-state index contributed by atoms with van der Waals surface area (Å²) in [4.78, 5) is 39.1. The van der Waals surface area contributed by atoms with Crippen molar-refractivity contribution in [3.8, 4) is 16.9 Å². The zero-order valence-corrected chi connectivity index (χ0v) is 19.9. The second-order valence-corrected chi connectivity index (χ2v) is 10.0. The quantitative estimate of drug-likeness (QED) is 0.526. The van der Waals surface area contributed by atoms with Crippen LogP contribution in [0.1, 0.15) is 47.8 Å². The van der Waals surface area contributed by atoms with Gasteiger partial charge in [-0.2, -0.15) is 0 Å². The number of rotatable bonds is 8. The molecule has 4 rings (SSSR count). The fraction of sp³-hybridized carbons (Fsp3) is 0.480. The van der Waals surface area contributed by atoms with Gasteiger partial charge in [0.15, 0.2) is 0 Å². The minimum absolute atomic E-state index is 0.0529. The molecule has 2 aliphatic carbocycles. The number of benzene rings is 1. The lowest BCUT2D eigenvalue weighted by atomic mass is 9.78. The Morgan fingerprint density at radius 1 is 1.12 bits per heavy atom. The molecule has 0 saturated heterocycles. The summed E-state index contributed by atoms with van der Waals surface area (Å²) in [6.07, 6.45) is 3.19. The third-order valence-corrected chi connectivity index (χ3v) is 7.87. The van der Waals surface area contributed by atoms with Gasteiger partial charge in [-0.3, -0.25) is 9.59 Å². The number of aryl methyl sites for hydroxylation is 1. The Kier molecular flexibility index (Phi) is 6.74. The number of amides is 1. The molecule has 33 heavy (non-hydrogen) atoms. The van der Waals surface area contributed by atoms with Crippen molar-refractivity contribution in [3.05, 3.63) is 34.7 Å². The van der Waals surface area contributed by atoms with E-state index < -0.39 is 23.8 Å². The van der Waals surface area contributed by atoms with Gasteiger partial charge in [0.1, 0.15) is 16.3 Å². The lowest BCUT2D eigenvalue weighted by Crippen LogP contribution is -2.38. The molecule has 0 spiro atoms. The number of esters is 1. The normalized spacial score (nSPS) is 23.4. The van der Waals surface area contributed by atoms with Crippen LogP contribution in [0.2, 0.25) is 0 Å². The van der Waals surface area contributed by atoms with E-state index in [9.17, 15) is 19.5 Å². The van der Waals surface area contributed by atoms with Gasteiger partial charge < -0.3 is 19.9 Å². The SMILES string of the molecule is CCCOC(=O)c1c(NC(=O)[C@@H]2[C@H]3CC[C@@H](C3)[C@H]2C(=O)O)sc(C)c1-c1ccc(OC)cc1. The molecule has 2 aliphatic rings. The van der Waals surface area contributed by atoms with E-state index in [1.807, 2.05) is 38.1 Å². The highest BCUT2D eigenvalue weighted by Crippen LogP contribution is 2.53. The third-order valence-electron chi connectivity index (χ3n) is 6.85. The number of carbonyl (C=O) groups excluding carboxylic acids is 2. The highest BCUT2D eigenvalue weighted by atomic mass is 32.1. The monoisotopic (exact) mass is 471 g/mol. The van der Waals surface area contributed by atoms with Crippen LogP contribution in [0.4, 0.5) is 5.00 Å². The van der Waals surface area contributed by atoms with Crippen molar-refractivity contribution in [3.63, 3.8) is 0 Å². The Bertz CT molecular complexity index is 1060. The Hall–Kier alpha value is -2.87. The number of fused-ring (bicyclic) bond motifs is 2. The number of carboxylic acid groups (broad SMARTS) is 1. The summed E-state index contributed by atoms with van der Waals surface area (Å²) < 4.78 is 10.7. The van der Waals surface area contributed by atoms with Gasteiger partial charge in [-0.15, -0.1) is 11.3 Å². The topological polar surface area (TPSA) is 102 Å². The second-order valence-electron chi connectivity index (χ2n) is 8.81. The highest BCUT2D eigenvalue weighted by Gasteiger charge is 2.54. The summed E-state index contributed by atoms with van der Waals surface area (Å²) >= 11 is 1.31. The molecule has 7 nitrogen and oxygen atoms in total. The maximum atomic E-state index is 13.3. The summed E-state index contributed by atoms with van der Waals surface area (Å²) in [5.41, 5.74) is 1.85. The third kappa shape index (κ3) is 4.36. The minimum Gasteiger partial charge on any atom is -0.497 e. The number of anilines is 1. The summed E-state index contributed by atoms with van der Waals surface area (Å²) in [6.45, 7) is 4.09. The molecule has 2 bridgehead atoms. The van der Waals surface area contributed by atoms with E-state index >= 15 is 0 Å². The molecule has 1 aromatic heterocycles. The zero-order valence-electron chi connectivity index (χ0n) is 19.1. The van der Waals surface area contributed by atoms with Gasteiger partial charge in [-0.1, -0.05) is 19.1 Å². The van der Waals surface area contributed by atoms with Crippen LogP contribution in [0.25, 0.3) is 11.1 Å². The van der Waals surface area contributed by atoms with E-state index in [1.165, 1.54) is 11.3 Å². The first kappa shape index (κ1) is 23.3. The Morgan fingerprint density at radius 3 is 2.39 bits per heavy atom. The van der Waals surface area contributed by atoms with Crippen LogP contribution in [0, 0.1) is 30.6 Å². The van der Waals surface area contributed by atoms with Crippen molar-refractivity contribution < 1.29 is 29.0 Å². The molecule has 2 fully saturated rings. The van der Waals surface area contributed by atoms with Gasteiger partial charge in [0.05, 0.1) is 25.6 Å². The lowest BCUT2D eigenvalue weighted by molar-refractivity contribution is -0.148. The average Bonchev–Trinajstić information content (AvgIpc) is 3.50. The van der Waals surface area contributed by atoms with Crippen molar-refractivity contribution in [1.82, 2.24) is 0 Å². The Balaban J connectivity index is 1.69. The average molecular weight is 472 g/mol. The highest BCUT2D eigenvalue weighted by molar-refractivity contribution is 7.17. The predicted molar refractivity (Wildman–Crippen MR) is 126 cm³/mol. The van der Waals surface area contributed by atoms with E-state index in [-0.39, 0.29) is 24.3 Å². The van der Waals surface area contributed by atoms with Gasteiger partial charge in [0.2, 0.25) is 5.91 Å². The summed E-state index contributed by atoms with van der Waals surface area (Å²) in [5, 5.41) is 13.1. The number of methoxy groups -OCH3 is 1. The first-order valence-electron chi connectivity index (χ1n) is 11.3. The van der Waals surface area contributed by atoms with Crippen molar-refractivity contribution in [2.45, 2.75) is 39.5 Å². The maximum absolute atomic E-state index is 13.3. The van der Waals surface area contributed by atoms with E-state index in [4.69, 9.17) is 9.47 Å². The molecule has 1 amide bonds. The molecule has 2 N–H and O–H groups in total. The van der Waals surface area contributed by atoms with Crippen LogP contribution >= 0.6 is 11.3 Å². The van der Waals surface area contributed by atoms with Crippen LogP contribution in [0.5, 0.6) is 5.75 Å². The van der Waals surface area contributed by atoms with Crippen molar-refractivity contribution >= 4 is 34.2 Å². The molecule has 2 aromatic rings. The molecular formula is C25H29NO6S. The summed E-state index contributed by atoms with van der Waals surface area (Å²) in [5.74, 6) is -2.14. The zero-order chi connectivity index (χ0) is 23.7. The van der Waals surface area contributed by atoms with Gasteiger partial charge in [0, 0.05) is 10.4 Å². The molecular weight excluding hydrogens is 442 g/mol. The molecule has 0 unspecified atom stereocenters. The van der Waals surface area contributed by atoms with E-state index in [0.717, 1.165) is 29.7 Å². The predicted octanol–water partition coefficient (Wildman–Crippen LogP) is 4.98. The fourth-order valence-electron chi connectivity index (χ4n) is 5.42. The number of carbonyl (C=O) groups is 3. The largest absolute Gasteiger partial charge is 0.497 e. The molecule has 0 aliphatic heterocycles. The first-order valence-corrected chi connectivity index (χ1v) is 12.2. The first-order chi connectivity index (χ1) is 15.8. The van der Waals surface area contributed by atoms with Crippen LogP contribution in [0.3, 0.4) is 0 Å². The summed E-state index contributed by atoms with van der Waals surface area (Å²) in [6, 6.07) is 7.37. The number of carboxylic acids is 1. The number of thiophene rings is 1. The van der Waals surface area contributed by atoms with Gasteiger partial charge in [0.25, 0.3) is 0 Å². The number of aliphatic carboxylic acids is 1. The van der Waals surface area contributed by atoms with Crippen molar-refractivity contribution in [2.24, 2.45) is 23.7 Å². The number of hydrogen-bond acceptors (Lipinski definition) is 6. The number of hydrogen-bond donors (Lipinski definition) is 2. The smallest absolute Gasteiger partial charge is 0.341 e. The fourth-order valence-corrected chi connectivity index (χ4v) is 6.49. The van der Waals surface area contributed by atoms with Crippen LogP contribution in [0.15, 0.2) is 24.3 Å². The van der Waals surface area contributed by atoms with Gasteiger partial charge >= 0.3 is 11.9 Å². The molecule has 176 valence electrons. The van der Waals surface area contributed by atoms with E-state index in [0.29, 0.717) is 28.3 Å². The summed E-state index contributed by atoms with van der Waals surface area (Å²) in [7, 11) is 1.59. The van der Waals surface area contributed by atoms with Gasteiger partial charge in [-0.25, -0.2) is 4.79 Å². The second kappa shape index (κ2) is 9.55. The maximum Gasteiger partial charge on any atom is 0.341 e. The van der Waals surface area contributed by atoms with E-state index in [2.05, 4.69) is 5.32 Å². The number of ether oxygens (including phenoxy) is 2. The van der Waals surface area contributed by atoms with Crippen LogP contribution in [-0.4, -0.2) is 36.7 Å². The van der Waals surface area contributed by atoms with Crippen LogP contribution in [-0.2, 0) is 14.3 Å². The molecule has 8 heteroatoms. The molecule has 1 heterocycles. The van der Waals surface area contributed by atoms with Crippen molar-refractivity contribution in [1.29, 1.82) is 0 Å². The standard InChI is InChI=1S/C25H29NO6S/c1-4-11-32-25(30)21-18(14-7-9-17(31-3)10-8-14)13(2)33-23(21)26-22(27)19-15-5-6-16(12-15)20(19)24(28)29/h7-10,15-16,19-20H,4-6,11-12H2,1-3H3,(H,26,27)(H,28,29)/t15-,16-,19+,20+/m0/s1. The van der Waals surface area contributed by atoms with E-state index in [1.54, 1.807) is 7.11 Å². The van der Waals surface area contributed by atoms with Crippen molar-refractivity contribution in [2.75, 3.05) is 19.0 Å². The molecule has 0 radical (unpaired) electrons.